The third-order valence-corrected chi connectivity index (χ3v) is 3.47. The second-order valence-corrected chi connectivity index (χ2v) is 6.64. The van der Waals surface area contributed by atoms with Crippen molar-refractivity contribution in [3.63, 3.8) is 0 Å². The van der Waals surface area contributed by atoms with Gasteiger partial charge in [-0.25, -0.2) is 4.85 Å². The molecule has 0 aliphatic carbocycles. The first-order valence-electron chi connectivity index (χ1n) is 7.72. The number of nitrogens with zero attached hydrogens (tertiary/aromatic N) is 4. The Morgan fingerprint density at radius 2 is 2.09 bits per heavy atom. The van der Waals surface area contributed by atoms with Crippen LogP contribution in [0.2, 0.25) is 0 Å². The Bertz CT molecular complexity index is 595. The van der Waals surface area contributed by atoms with Crippen LogP contribution in [0.25, 0.3) is 4.85 Å². The number of piperidine rings is 1. The highest BCUT2D eigenvalue weighted by Gasteiger charge is 2.22. The Hall–Kier alpha value is -2.49. The zero-order chi connectivity index (χ0) is 16.9. The Balaban J connectivity index is 1.84. The topological polar surface area (TPSA) is 67.3 Å². The van der Waals surface area contributed by atoms with E-state index in [9.17, 15) is 5.21 Å². The average Bonchev–Trinajstić information content (AvgIpc) is 2.52. The van der Waals surface area contributed by atoms with Crippen LogP contribution in [0, 0.1) is 11.8 Å². The molecule has 0 radical (unpaired) electrons. The van der Waals surface area contributed by atoms with Crippen LogP contribution in [0.1, 0.15) is 33.6 Å². The molecule has 0 bridgehead atoms. The predicted molar refractivity (Wildman–Crippen MR) is 88.0 cm³/mol. The second kappa shape index (κ2) is 7.18. The van der Waals surface area contributed by atoms with Crippen molar-refractivity contribution in [1.82, 2.24) is 5.43 Å². The minimum absolute atomic E-state index is 0.0616. The number of anilines is 1. The third-order valence-electron chi connectivity index (χ3n) is 3.47. The van der Waals surface area contributed by atoms with Gasteiger partial charge < -0.3 is 14.9 Å². The molecular formula is C16H23N5O2. The summed E-state index contributed by atoms with van der Waals surface area (Å²) < 4.78 is 0. The molecule has 1 aromatic carbocycles. The van der Waals surface area contributed by atoms with Gasteiger partial charge in [0.05, 0.1) is 17.1 Å². The molecule has 0 amide bonds. The summed E-state index contributed by atoms with van der Waals surface area (Å²) in [6, 6.07) is 7.60. The van der Waals surface area contributed by atoms with Crippen LogP contribution in [-0.2, 0) is 4.84 Å². The molecule has 0 unspecified atom stereocenters. The molecule has 0 atom stereocenters. The van der Waals surface area contributed by atoms with E-state index in [0.29, 0.717) is 10.7 Å². The third kappa shape index (κ3) is 5.33. The molecule has 7 heteroatoms. The lowest BCUT2D eigenvalue weighted by Gasteiger charge is -2.32. The smallest absolute Gasteiger partial charge is 0.233 e. The summed E-state index contributed by atoms with van der Waals surface area (Å²) >= 11 is 0. The zero-order valence-corrected chi connectivity index (χ0v) is 13.8. The van der Waals surface area contributed by atoms with E-state index in [1.807, 2.05) is 39.0 Å². The van der Waals surface area contributed by atoms with Gasteiger partial charge in [-0.3, -0.25) is 0 Å². The van der Waals surface area contributed by atoms with Crippen molar-refractivity contribution in [3.8, 4) is 0 Å². The lowest BCUT2D eigenvalue weighted by molar-refractivity contribution is -0.626. The van der Waals surface area contributed by atoms with E-state index in [2.05, 4.69) is 20.4 Å². The highest BCUT2D eigenvalue weighted by Crippen LogP contribution is 2.25. The van der Waals surface area contributed by atoms with E-state index in [-0.39, 0.29) is 11.6 Å². The fraction of sp³-hybridized carbons (Fsp3) is 0.562. The Morgan fingerprint density at radius 3 is 2.70 bits per heavy atom. The van der Waals surface area contributed by atoms with Gasteiger partial charge >= 0.3 is 0 Å². The summed E-state index contributed by atoms with van der Waals surface area (Å²) in [5, 5.41) is 15.1. The van der Waals surface area contributed by atoms with Gasteiger partial charge in [-0.2, -0.15) is 5.43 Å². The first kappa shape index (κ1) is 16.9. The van der Waals surface area contributed by atoms with Gasteiger partial charge in [0.25, 0.3) is 0 Å². The molecule has 0 spiro atoms. The number of hydrazine groups is 1. The van der Waals surface area contributed by atoms with Gasteiger partial charge in [-0.1, -0.05) is 12.1 Å². The lowest BCUT2D eigenvalue weighted by Crippen LogP contribution is -2.41. The van der Waals surface area contributed by atoms with Gasteiger partial charge in [0.15, 0.2) is 5.69 Å². The van der Waals surface area contributed by atoms with E-state index in [4.69, 9.17) is 11.4 Å². The van der Waals surface area contributed by atoms with Gasteiger partial charge in [0.2, 0.25) is 5.28 Å². The van der Waals surface area contributed by atoms with E-state index >= 15 is 0 Å². The van der Waals surface area contributed by atoms with Crippen molar-refractivity contribution in [2.75, 3.05) is 18.0 Å². The number of hydrogen-bond donors (Lipinski definition) is 1. The van der Waals surface area contributed by atoms with E-state index in [1.54, 1.807) is 6.07 Å². The summed E-state index contributed by atoms with van der Waals surface area (Å²) in [6.07, 6.45) is 1.51. The van der Waals surface area contributed by atoms with Gasteiger partial charge in [-0.15, -0.1) is 0 Å². The number of rotatable bonds is 4. The monoisotopic (exact) mass is 317 g/mol. The molecule has 2 rings (SSSR count). The second-order valence-electron chi connectivity index (χ2n) is 6.64. The summed E-state index contributed by atoms with van der Waals surface area (Å²) in [5.41, 5.74) is 3.99. The standard InChI is InChI=1S/C16H23N5O2/c1-16(2,3)18-21(22)19-23-15-8-10-20(11-9-15)14-7-5-6-13(12-14)17-4/h5-7,12,15H,8-11H2,1-3H3,(H,18,19). The Morgan fingerprint density at radius 1 is 1.39 bits per heavy atom. The minimum atomic E-state index is -0.355. The zero-order valence-electron chi connectivity index (χ0n) is 13.8. The van der Waals surface area contributed by atoms with Gasteiger partial charge in [0, 0.05) is 31.6 Å². The van der Waals surface area contributed by atoms with Crippen molar-refractivity contribution < 1.29 is 9.81 Å². The molecule has 0 aromatic heterocycles. The molecule has 1 heterocycles. The summed E-state index contributed by atoms with van der Waals surface area (Å²) in [7, 11) is 0. The van der Waals surface area contributed by atoms with Crippen LogP contribution < -0.4 is 10.3 Å². The summed E-state index contributed by atoms with van der Waals surface area (Å²) in [4.78, 5) is 11.4. The van der Waals surface area contributed by atoms with Crippen molar-refractivity contribution in [2.45, 2.75) is 45.3 Å². The highest BCUT2D eigenvalue weighted by atomic mass is 16.7. The fourth-order valence-corrected chi connectivity index (χ4v) is 2.40. The molecule has 1 saturated heterocycles. The normalized spacial score (nSPS) is 16.8. The highest BCUT2D eigenvalue weighted by molar-refractivity contribution is 5.58. The van der Waals surface area contributed by atoms with Gasteiger partial charge in [-0.05, 0) is 32.9 Å². The van der Waals surface area contributed by atoms with Crippen molar-refractivity contribution in [3.05, 3.63) is 40.9 Å². The Labute approximate surface area is 136 Å². The van der Waals surface area contributed by atoms with Crippen LogP contribution in [0.5, 0.6) is 0 Å². The molecule has 1 aliphatic rings. The van der Waals surface area contributed by atoms with Crippen LogP contribution >= 0.6 is 0 Å². The lowest BCUT2D eigenvalue weighted by atomic mass is 10.1. The van der Waals surface area contributed by atoms with Crippen molar-refractivity contribution >= 4 is 11.4 Å². The molecule has 1 N–H and O–H groups in total. The largest absolute Gasteiger partial charge is 0.569 e. The quantitative estimate of drug-likeness (QED) is 0.400. The molecule has 1 aliphatic heterocycles. The molecular weight excluding hydrogens is 294 g/mol. The molecule has 1 aromatic rings. The SMILES string of the molecule is [C-]#[N+]c1cccc(N2CCC(O/N=[N+](\[O-])NC(C)(C)C)CC2)c1. The predicted octanol–water partition coefficient (Wildman–Crippen LogP) is 3.40. The van der Waals surface area contributed by atoms with Gasteiger partial charge in [0.1, 0.15) is 6.10 Å². The first-order valence-corrected chi connectivity index (χ1v) is 7.72. The minimum Gasteiger partial charge on any atom is -0.569 e. The average molecular weight is 317 g/mol. The van der Waals surface area contributed by atoms with E-state index in [1.165, 1.54) is 0 Å². The summed E-state index contributed by atoms with van der Waals surface area (Å²) in [5.74, 6) is 0. The molecule has 23 heavy (non-hydrogen) atoms. The number of benzene rings is 1. The van der Waals surface area contributed by atoms with E-state index < -0.39 is 0 Å². The van der Waals surface area contributed by atoms with Crippen LogP contribution in [0.3, 0.4) is 0 Å². The maximum absolute atomic E-state index is 11.5. The molecule has 124 valence electrons. The Kier molecular flexibility index (Phi) is 5.27. The van der Waals surface area contributed by atoms with Crippen molar-refractivity contribution in [2.24, 2.45) is 5.28 Å². The maximum Gasteiger partial charge on any atom is 0.233 e. The molecule has 1 fully saturated rings. The maximum atomic E-state index is 11.5. The number of nitrogens with one attached hydrogen (secondary N) is 1. The molecule has 0 saturated carbocycles. The van der Waals surface area contributed by atoms with Crippen LogP contribution in [0.4, 0.5) is 11.4 Å². The molecule has 7 nitrogen and oxygen atoms in total. The van der Waals surface area contributed by atoms with Crippen LogP contribution in [-0.4, -0.2) is 29.7 Å². The summed E-state index contributed by atoms with van der Waals surface area (Å²) in [6.45, 7) is 14.3. The van der Waals surface area contributed by atoms with Crippen molar-refractivity contribution in [1.29, 1.82) is 0 Å². The van der Waals surface area contributed by atoms with E-state index in [0.717, 1.165) is 31.6 Å². The van der Waals surface area contributed by atoms with Crippen LogP contribution in [0.15, 0.2) is 29.5 Å². The number of hydrogen-bond acceptors (Lipinski definition) is 4. The first-order chi connectivity index (χ1) is 10.9. The fourth-order valence-electron chi connectivity index (χ4n) is 2.40.